The maximum atomic E-state index is 12.2. The first kappa shape index (κ1) is 19.0. The molecular formula is C21H28N2O2. The molecule has 0 heterocycles. The van der Waals surface area contributed by atoms with E-state index in [2.05, 4.69) is 38.2 Å². The molecule has 4 nitrogen and oxygen atoms in total. The number of likely N-dealkylation sites (N-methyl/N-ethyl adjacent to an activating group) is 1. The molecule has 1 amide bonds. The van der Waals surface area contributed by atoms with Gasteiger partial charge in [-0.25, -0.2) is 0 Å². The van der Waals surface area contributed by atoms with Crippen LogP contribution in [0.4, 0.5) is 5.69 Å². The Bertz CT molecular complexity index is 703. The van der Waals surface area contributed by atoms with E-state index in [1.54, 1.807) is 7.11 Å². The molecule has 0 aliphatic rings. The Hall–Kier alpha value is -2.33. The monoisotopic (exact) mass is 340 g/mol. The Balaban J connectivity index is 1.88. The van der Waals surface area contributed by atoms with Gasteiger partial charge in [-0.05, 0) is 47.9 Å². The fourth-order valence-corrected chi connectivity index (χ4v) is 2.64. The van der Waals surface area contributed by atoms with E-state index in [0.29, 0.717) is 13.1 Å². The number of benzene rings is 2. The van der Waals surface area contributed by atoms with Gasteiger partial charge in [-0.15, -0.1) is 0 Å². The second-order valence-corrected chi connectivity index (χ2v) is 7.40. The molecule has 0 aromatic heterocycles. The molecule has 0 bridgehead atoms. The number of rotatable bonds is 6. The Morgan fingerprint density at radius 1 is 1.12 bits per heavy atom. The van der Waals surface area contributed by atoms with Crippen LogP contribution >= 0.6 is 0 Å². The van der Waals surface area contributed by atoms with Crippen LogP contribution in [0.2, 0.25) is 0 Å². The maximum absolute atomic E-state index is 12.2. The highest BCUT2D eigenvalue weighted by Gasteiger charge is 2.13. The van der Waals surface area contributed by atoms with Gasteiger partial charge in [-0.3, -0.25) is 9.69 Å². The molecule has 2 rings (SSSR count). The highest BCUT2D eigenvalue weighted by atomic mass is 16.5. The van der Waals surface area contributed by atoms with E-state index in [1.165, 1.54) is 5.56 Å². The van der Waals surface area contributed by atoms with Crippen LogP contribution in [0.1, 0.15) is 31.9 Å². The summed E-state index contributed by atoms with van der Waals surface area (Å²) in [6.07, 6.45) is 0. The van der Waals surface area contributed by atoms with Crippen LogP contribution in [0.15, 0.2) is 48.5 Å². The van der Waals surface area contributed by atoms with Gasteiger partial charge >= 0.3 is 0 Å². The molecule has 2 aromatic rings. The topological polar surface area (TPSA) is 41.6 Å². The molecule has 0 unspecified atom stereocenters. The molecule has 0 atom stereocenters. The van der Waals surface area contributed by atoms with E-state index >= 15 is 0 Å². The molecule has 0 radical (unpaired) electrons. The van der Waals surface area contributed by atoms with Gasteiger partial charge in [0.2, 0.25) is 5.91 Å². The van der Waals surface area contributed by atoms with Crippen molar-refractivity contribution in [2.24, 2.45) is 0 Å². The fraction of sp³-hybridized carbons (Fsp3) is 0.381. The first-order valence-corrected chi connectivity index (χ1v) is 8.50. The average molecular weight is 340 g/mol. The molecule has 4 heteroatoms. The van der Waals surface area contributed by atoms with Crippen LogP contribution in [0.25, 0.3) is 0 Å². The van der Waals surface area contributed by atoms with Crippen LogP contribution in [-0.4, -0.2) is 31.5 Å². The number of carbonyl (C=O) groups is 1. The molecule has 0 aliphatic heterocycles. The smallest absolute Gasteiger partial charge is 0.238 e. The summed E-state index contributed by atoms with van der Waals surface area (Å²) in [5.74, 6) is 0.809. The van der Waals surface area contributed by atoms with Gasteiger partial charge in [0.25, 0.3) is 0 Å². The SMILES string of the molecule is COc1cccc(CN(C)CC(=O)Nc2ccc(C(C)(C)C)cc2)c1. The quantitative estimate of drug-likeness (QED) is 0.862. The van der Waals surface area contributed by atoms with Gasteiger partial charge < -0.3 is 10.1 Å². The van der Waals surface area contributed by atoms with Gasteiger partial charge in [0.15, 0.2) is 0 Å². The molecular weight excluding hydrogens is 312 g/mol. The third kappa shape index (κ3) is 5.91. The van der Waals surface area contributed by atoms with Crippen molar-refractivity contribution in [1.82, 2.24) is 4.90 Å². The van der Waals surface area contributed by atoms with Crippen molar-refractivity contribution in [2.75, 3.05) is 26.0 Å². The summed E-state index contributed by atoms with van der Waals surface area (Å²) in [7, 11) is 3.59. The number of carbonyl (C=O) groups excluding carboxylic acids is 1. The fourth-order valence-electron chi connectivity index (χ4n) is 2.64. The third-order valence-corrected chi connectivity index (χ3v) is 4.03. The molecule has 134 valence electrons. The number of nitrogens with one attached hydrogen (secondary N) is 1. The molecule has 0 aliphatic carbocycles. The average Bonchev–Trinajstić information content (AvgIpc) is 2.54. The molecule has 2 aromatic carbocycles. The molecule has 0 fully saturated rings. The first-order chi connectivity index (χ1) is 11.8. The van der Waals surface area contributed by atoms with Crippen molar-refractivity contribution in [3.63, 3.8) is 0 Å². The van der Waals surface area contributed by atoms with Crippen molar-refractivity contribution in [3.05, 3.63) is 59.7 Å². The van der Waals surface area contributed by atoms with Crippen molar-refractivity contribution < 1.29 is 9.53 Å². The minimum Gasteiger partial charge on any atom is -0.497 e. The Morgan fingerprint density at radius 2 is 1.80 bits per heavy atom. The third-order valence-electron chi connectivity index (χ3n) is 4.03. The second kappa shape index (κ2) is 8.17. The Kier molecular flexibility index (Phi) is 6.21. The lowest BCUT2D eigenvalue weighted by Gasteiger charge is -2.20. The summed E-state index contributed by atoms with van der Waals surface area (Å²) < 4.78 is 5.23. The summed E-state index contributed by atoms with van der Waals surface area (Å²) in [5.41, 5.74) is 3.30. The van der Waals surface area contributed by atoms with E-state index in [-0.39, 0.29) is 11.3 Å². The van der Waals surface area contributed by atoms with Crippen molar-refractivity contribution in [2.45, 2.75) is 32.7 Å². The molecule has 25 heavy (non-hydrogen) atoms. The second-order valence-electron chi connectivity index (χ2n) is 7.40. The lowest BCUT2D eigenvalue weighted by atomic mass is 9.87. The molecule has 0 saturated carbocycles. The predicted molar refractivity (Wildman–Crippen MR) is 103 cm³/mol. The lowest BCUT2D eigenvalue weighted by Crippen LogP contribution is -2.29. The minimum atomic E-state index is -0.0195. The van der Waals surface area contributed by atoms with E-state index in [9.17, 15) is 4.79 Å². The number of hydrogen-bond donors (Lipinski definition) is 1. The summed E-state index contributed by atoms with van der Waals surface area (Å²) in [6.45, 7) is 7.54. The number of hydrogen-bond acceptors (Lipinski definition) is 3. The zero-order chi connectivity index (χ0) is 18.4. The van der Waals surface area contributed by atoms with E-state index in [4.69, 9.17) is 4.74 Å². The summed E-state index contributed by atoms with van der Waals surface area (Å²) in [6, 6.07) is 15.9. The number of nitrogens with zero attached hydrogens (tertiary/aromatic N) is 1. The van der Waals surface area contributed by atoms with Crippen molar-refractivity contribution in [3.8, 4) is 5.75 Å². The summed E-state index contributed by atoms with van der Waals surface area (Å²) >= 11 is 0. The van der Waals surface area contributed by atoms with Gasteiger partial charge in [0.05, 0.1) is 13.7 Å². The minimum absolute atomic E-state index is 0.0195. The van der Waals surface area contributed by atoms with E-state index in [0.717, 1.165) is 17.0 Å². The lowest BCUT2D eigenvalue weighted by molar-refractivity contribution is -0.117. The van der Waals surface area contributed by atoms with E-state index in [1.807, 2.05) is 48.3 Å². The predicted octanol–water partition coefficient (Wildman–Crippen LogP) is 4.06. The van der Waals surface area contributed by atoms with Crippen molar-refractivity contribution >= 4 is 11.6 Å². The number of amides is 1. The van der Waals surface area contributed by atoms with Gasteiger partial charge in [-0.2, -0.15) is 0 Å². The van der Waals surface area contributed by atoms with Crippen LogP contribution < -0.4 is 10.1 Å². The molecule has 0 spiro atoms. The van der Waals surface area contributed by atoms with Crippen LogP contribution in [0.5, 0.6) is 5.75 Å². The Labute approximate surface area is 150 Å². The zero-order valence-corrected chi connectivity index (χ0v) is 15.8. The van der Waals surface area contributed by atoms with Gasteiger partial charge in [0.1, 0.15) is 5.75 Å². The van der Waals surface area contributed by atoms with Crippen molar-refractivity contribution in [1.29, 1.82) is 0 Å². The largest absolute Gasteiger partial charge is 0.497 e. The standard InChI is InChI=1S/C21H28N2O2/c1-21(2,3)17-9-11-18(12-10-17)22-20(24)15-23(4)14-16-7-6-8-19(13-16)25-5/h6-13H,14-15H2,1-5H3,(H,22,24). The zero-order valence-electron chi connectivity index (χ0n) is 15.8. The normalized spacial score (nSPS) is 11.4. The van der Waals surface area contributed by atoms with Gasteiger partial charge in [0, 0.05) is 12.2 Å². The maximum Gasteiger partial charge on any atom is 0.238 e. The van der Waals surface area contributed by atoms with Crippen LogP contribution in [-0.2, 0) is 16.8 Å². The number of ether oxygens (including phenoxy) is 1. The Morgan fingerprint density at radius 3 is 2.40 bits per heavy atom. The number of methoxy groups -OCH3 is 1. The highest BCUT2D eigenvalue weighted by molar-refractivity contribution is 5.92. The summed E-state index contributed by atoms with van der Waals surface area (Å²) in [4.78, 5) is 14.2. The van der Waals surface area contributed by atoms with Crippen LogP contribution in [0.3, 0.4) is 0 Å². The first-order valence-electron chi connectivity index (χ1n) is 8.50. The number of anilines is 1. The van der Waals surface area contributed by atoms with Gasteiger partial charge in [-0.1, -0.05) is 45.0 Å². The molecule has 1 N–H and O–H groups in total. The van der Waals surface area contributed by atoms with Crippen LogP contribution in [0, 0.1) is 0 Å². The van der Waals surface area contributed by atoms with E-state index < -0.39 is 0 Å². The summed E-state index contributed by atoms with van der Waals surface area (Å²) in [5, 5.41) is 2.95. The molecule has 0 saturated heterocycles. The highest BCUT2D eigenvalue weighted by Crippen LogP contribution is 2.23.